The van der Waals surface area contributed by atoms with Gasteiger partial charge in [0, 0.05) is 57.1 Å². The number of carbonyl (C=O) groups is 2. The third-order valence-corrected chi connectivity index (χ3v) is 6.03. The van der Waals surface area contributed by atoms with E-state index >= 15 is 0 Å². The number of aryl methyl sites for hydroxylation is 2. The molecule has 8 heteroatoms. The molecule has 0 radical (unpaired) electrons. The highest BCUT2D eigenvalue weighted by atomic mass is 19.1. The van der Waals surface area contributed by atoms with Crippen LogP contribution in [-0.4, -0.2) is 70.7 Å². The average Bonchev–Trinajstić information content (AvgIpc) is 3.28. The second-order valence-corrected chi connectivity index (χ2v) is 8.20. The Morgan fingerprint density at radius 1 is 1.10 bits per heavy atom. The molecule has 2 aliphatic heterocycles. The van der Waals surface area contributed by atoms with Crippen molar-refractivity contribution in [3.63, 3.8) is 0 Å². The van der Waals surface area contributed by atoms with Crippen molar-refractivity contribution in [3.8, 4) is 0 Å². The van der Waals surface area contributed by atoms with Gasteiger partial charge in [0.2, 0.25) is 11.8 Å². The minimum Gasteiger partial charge on any atom is -0.340 e. The number of hydrogen-bond acceptors (Lipinski definition) is 4. The highest BCUT2D eigenvalue weighted by molar-refractivity contribution is 6.00. The zero-order chi connectivity index (χ0) is 21.3. The number of aromatic nitrogens is 2. The molecule has 0 spiro atoms. The number of carbonyl (C=O) groups excluding carboxylic acids is 2. The molecule has 2 saturated heterocycles. The van der Waals surface area contributed by atoms with Crippen molar-refractivity contribution >= 4 is 17.5 Å². The molecule has 1 aromatic carbocycles. The molecule has 0 aliphatic carbocycles. The molecule has 7 nitrogen and oxygen atoms in total. The van der Waals surface area contributed by atoms with Gasteiger partial charge in [0.25, 0.3) is 0 Å². The number of hydrogen-bond donors (Lipinski definition) is 0. The Morgan fingerprint density at radius 3 is 2.43 bits per heavy atom. The van der Waals surface area contributed by atoms with Crippen LogP contribution >= 0.6 is 0 Å². The van der Waals surface area contributed by atoms with Gasteiger partial charge in [-0.05, 0) is 44.2 Å². The van der Waals surface area contributed by atoms with Gasteiger partial charge in [-0.15, -0.1) is 0 Å². The fraction of sp³-hybridized carbons (Fsp3) is 0.500. The van der Waals surface area contributed by atoms with Crippen molar-refractivity contribution in [1.29, 1.82) is 0 Å². The molecule has 2 amide bonds. The van der Waals surface area contributed by atoms with Crippen LogP contribution in [0, 0.1) is 25.6 Å². The van der Waals surface area contributed by atoms with E-state index in [1.807, 2.05) is 16.5 Å². The van der Waals surface area contributed by atoms with Crippen LogP contribution < -0.4 is 4.90 Å². The first-order valence-corrected chi connectivity index (χ1v) is 10.5. The normalized spacial score (nSPS) is 20.2. The summed E-state index contributed by atoms with van der Waals surface area (Å²) >= 11 is 0. The monoisotopic (exact) mass is 413 g/mol. The molecule has 2 fully saturated rings. The van der Waals surface area contributed by atoms with Crippen LogP contribution in [0.4, 0.5) is 10.1 Å². The van der Waals surface area contributed by atoms with Crippen LogP contribution in [-0.2, 0) is 16.1 Å². The molecule has 30 heavy (non-hydrogen) atoms. The molecular weight excluding hydrogens is 385 g/mol. The second kappa shape index (κ2) is 8.55. The number of nitrogens with zero attached hydrogens (tertiary/aromatic N) is 5. The minimum absolute atomic E-state index is 0.0474. The van der Waals surface area contributed by atoms with E-state index < -0.39 is 0 Å². The van der Waals surface area contributed by atoms with Crippen molar-refractivity contribution < 1.29 is 14.0 Å². The van der Waals surface area contributed by atoms with E-state index in [2.05, 4.69) is 23.0 Å². The predicted molar refractivity (Wildman–Crippen MR) is 112 cm³/mol. The summed E-state index contributed by atoms with van der Waals surface area (Å²) in [5.74, 6) is -0.702. The maximum absolute atomic E-state index is 13.1. The van der Waals surface area contributed by atoms with Gasteiger partial charge in [0.05, 0.1) is 18.2 Å². The van der Waals surface area contributed by atoms with Crippen LogP contribution in [0.1, 0.15) is 17.8 Å². The first-order valence-electron chi connectivity index (χ1n) is 10.5. The zero-order valence-electron chi connectivity index (χ0n) is 17.6. The van der Waals surface area contributed by atoms with Gasteiger partial charge in [0.1, 0.15) is 5.82 Å². The van der Waals surface area contributed by atoms with Gasteiger partial charge in [-0.3, -0.25) is 19.2 Å². The smallest absolute Gasteiger partial charge is 0.228 e. The van der Waals surface area contributed by atoms with Crippen LogP contribution in [0.25, 0.3) is 0 Å². The Labute approximate surface area is 176 Å². The molecule has 2 aromatic rings. The maximum Gasteiger partial charge on any atom is 0.228 e. The van der Waals surface area contributed by atoms with Gasteiger partial charge in [-0.25, -0.2) is 4.39 Å². The lowest BCUT2D eigenvalue weighted by molar-refractivity contribution is -0.137. The summed E-state index contributed by atoms with van der Waals surface area (Å²) in [5, 5.41) is 4.50. The Kier molecular flexibility index (Phi) is 5.85. The lowest BCUT2D eigenvalue weighted by Gasteiger charge is -2.35. The van der Waals surface area contributed by atoms with Crippen molar-refractivity contribution in [1.82, 2.24) is 19.6 Å². The summed E-state index contributed by atoms with van der Waals surface area (Å²) in [6, 6.07) is 7.92. The van der Waals surface area contributed by atoms with Crippen molar-refractivity contribution in [2.24, 2.45) is 5.92 Å². The lowest BCUT2D eigenvalue weighted by Crippen LogP contribution is -2.51. The highest BCUT2D eigenvalue weighted by Crippen LogP contribution is 2.26. The number of piperazine rings is 1. The Hall–Kier alpha value is -2.74. The van der Waals surface area contributed by atoms with E-state index in [1.54, 1.807) is 17.0 Å². The number of halogens is 1. The summed E-state index contributed by atoms with van der Waals surface area (Å²) in [6.07, 6.45) is 0.217. The van der Waals surface area contributed by atoms with Crippen molar-refractivity contribution in [3.05, 3.63) is 47.5 Å². The largest absolute Gasteiger partial charge is 0.340 e. The molecule has 3 heterocycles. The summed E-state index contributed by atoms with van der Waals surface area (Å²) in [4.78, 5) is 31.2. The topological polar surface area (TPSA) is 61.7 Å². The summed E-state index contributed by atoms with van der Waals surface area (Å²) in [7, 11) is 0. The van der Waals surface area contributed by atoms with Crippen LogP contribution in [0.15, 0.2) is 30.3 Å². The van der Waals surface area contributed by atoms with E-state index in [-0.39, 0.29) is 30.0 Å². The fourth-order valence-corrected chi connectivity index (χ4v) is 4.33. The third-order valence-electron chi connectivity index (χ3n) is 6.03. The van der Waals surface area contributed by atoms with Gasteiger partial charge in [-0.1, -0.05) is 0 Å². The maximum atomic E-state index is 13.1. The molecule has 2 aliphatic rings. The number of benzene rings is 1. The van der Waals surface area contributed by atoms with E-state index in [0.29, 0.717) is 25.3 Å². The zero-order valence-corrected chi connectivity index (χ0v) is 17.6. The first-order chi connectivity index (χ1) is 14.4. The lowest BCUT2D eigenvalue weighted by atomic mass is 10.1. The Morgan fingerprint density at radius 2 is 1.80 bits per heavy atom. The number of rotatable bonds is 5. The van der Waals surface area contributed by atoms with Gasteiger partial charge < -0.3 is 9.80 Å². The third kappa shape index (κ3) is 4.38. The van der Waals surface area contributed by atoms with Crippen LogP contribution in [0.5, 0.6) is 0 Å². The highest BCUT2D eigenvalue weighted by Gasteiger charge is 2.37. The molecule has 0 bridgehead atoms. The first kappa shape index (κ1) is 20.5. The van der Waals surface area contributed by atoms with Gasteiger partial charge in [-0.2, -0.15) is 5.10 Å². The van der Waals surface area contributed by atoms with E-state index in [1.165, 1.54) is 12.1 Å². The minimum atomic E-state index is -0.339. The van der Waals surface area contributed by atoms with Gasteiger partial charge in [0.15, 0.2) is 0 Å². The van der Waals surface area contributed by atoms with Crippen LogP contribution in [0.2, 0.25) is 0 Å². The van der Waals surface area contributed by atoms with E-state index in [9.17, 15) is 14.0 Å². The van der Waals surface area contributed by atoms with Gasteiger partial charge >= 0.3 is 0 Å². The molecule has 160 valence electrons. The summed E-state index contributed by atoms with van der Waals surface area (Å²) < 4.78 is 15.2. The van der Waals surface area contributed by atoms with Crippen molar-refractivity contribution in [2.75, 3.05) is 44.2 Å². The molecule has 0 N–H and O–H groups in total. The molecule has 1 aromatic heterocycles. The predicted octanol–water partition coefficient (Wildman–Crippen LogP) is 1.84. The molecule has 4 rings (SSSR count). The van der Waals surface area contributed by atoms with E-state index in [0.717, 1.165) is 37.6 Å². The quantitative estimate of drug-likeness (QED) is 0.751. The van der Waals surface area contributed by atoms with E-state index in [4.69, 9.17) is 0 Å². The van der Waals surface area contributed by atoms with Crippen LogP contribution in [0.3, 0.4) is 0 Å². The Balaban J connectivity index is 1.27. The summed E-state index contributed by atoms with van der Waals surface area (Å²) in [6.45, 7) is 9.19. The van der Waals surface area contributed by atoms with Crippen molar-refractivity contribution in [2.45, 2.75) is 26.8 Å². The fourth-order valence-electron chi connectivity index (χ4n) is 4.33. The average molecular weight is 413 g/mol. The Bertz CT molecular complexity index is 918. The number of anilines is 1. The molecule has 0 saturated carbocycles. The SMILES string of the molecule is Cc1cc(C)n(CCN2CCN(C(=O)C3CC(=O)N(c4ccc(F)cc4)C3)CC2)n1. The molecular formula is C22H28FN5O2. The second-order valence-electron chi connectivity index (χ2n) is 8.20. The number of amides is 2. The molecule has 1 atom stereocenters. The standard InChI is InChI=1S/C22H28FN5O2/c1-16-13-17(2)28(24-16)12-9-25-7-10-26(11-8-25)22(30)18-14-21(29)27(15-18)20-5-3-19(23)4-6-20/h3-6,13,18H,7-12,14-15H2,1-2H3. The molecule has 1 unspecified atom stereocenters. The summed E-state index contributed by atoms with van der Waals surface area (Å²) in [5.41, 5.74) is 2.84.